The molecule has 0 bridgehead atoms. The highest BCUT2D eigenvalue weighted by molar-refractivity contribution is 5.95. The van der Waals surface area contributed by atoms with Gasteiger partial charge in [-0.1, -0.05) is 0 Å². The molecule has 5 heteroatoms. The van der Waals surface area contributed by atoms with Gasteiger partial charge in [-0.2, -0.15) is 5.10 Å². The molecule has 0 N–H and O–H groups in total. The molecule has 2 heterocycles. The lowest BCUT2D eigenvalue weighted by Crippen LogP contribution is -2.40. The Labute approximate surface area is 148 Å². The Hall–Kier alpha value is -2.30. The zero-order chi connectivity index (χ0) is 17.6. The maximum Gasteiger partial charge on any atom is 0.224 e. The minimum atomic E-state index is 0.0881. The molecule has 132 valence electrons. The first kappa shape index (κ1) is 16.2. The van der Waals surface area contributed by atoms with Gasteiger partial charge in [-0.05, 0) is 51.7 Å². The van der Waals surface area contributed by atoms with Crippen molar-refractivity contribution in [3.8, 4) is 16.9 Å². The lowest BCUT2D eigenvalue weighted by Gasteiger charge is -2.36. The minimum absolute atomic E-state index is 0.0881. The molecule has 0 radical (unpaired) electrons. The second-order valence-electron chi connectivity index (χ2n) is 7.09. The molecule has 2 aromatic rings. The molecule has 1 aromatic carbocycles. The molecule has 25 heavy (non-hydrogen) atoms. The van der Waals surface area contributed by atoms with Gasteiger partial charge in [-0.15, -0.1) is 0 Å². The third-order valence-corrected chi connectivity index (χ3v) is 5.21. The third kappa shape index (κ3) is 2.81. The predicted molar refractivity (Wildman–Crippen MR) is 98.0 cm³/mol. The number of aromatic nitrogens is 2. The molecule has 1 atom stereocenters. The van der Waals surface area contributed by atoms with Crippen LogP contribution >= 0.6 is 0 Å². The second-order valence-corrected chi connectivity index (χ2v) is 7.09. The Morgan fingerprint density at radius 2 is 2.12 bits per heavy atom. The summed E-state index contributed by atoms with van der Waals surface area (Å²) < 4.78 is 8.13. The fourth-order valence-corrected chi connectivity index (χ4v) is 3.84. The molecule has 5 nitrogen and oxygen atoms in total. The molecule has 2 aliphatic rings. The van der Waals surface area contributed by atoms with Crippen LogP contribution < -0.4 is 9.64 Å². The van der Waals surface area contributed by atoms with Crippen LogP contribution in [0, 0.1) is 0 Å². The van der Waals surface area contributed by atoms with Crippen molar-refractivity contribution in [1.29, 1.82) is 0 Å². The van der Waals surface area contributed by atoms with E-state index in [0.717, 1.165) is 41.0 Å². The van der Waals surface area contributed by atoms with Gasteiger partial charge in [0.25, 0.3) is 0 Å². The van der Waals surface area contributed by atoms with Crippen LogP contribution in [0.4, 0.5) is 5.69 Å². The van der Waals surface area contributed by atoms with Gasteiger partial charge < -0.3 is 9.64 Å². The number of anilines is 1. The molecule has 1 aliphatic heterocycles. The van der Waals surface area contributed by atoms with Crippen LogP contribution in [0.25, 0.3) is 11.1 Å². The molecule has 1 amide bonds. The van der Waals surface area contributed by atoms with Crippen LogP contribution in [0.5, 0.6) is 5.75 Å². The highest BCUT2D eigenvalue weighted by Gasteiger charge is 2.30. The number of carbonyl (C=O) groups excluding carboxylic acids is 1. The Kier molecular flexibility index (Phi) is 4.02. The molecule has 1 saturated carbocycles. The van der Waals surface area contributed by atoms with Crippen molar-refractivity contribution in [3.63, 3.8) is 0 Å². The summed E-state index contributed by atoms with van der Waals surface area (Å²) in [5.41, 5.74) is 4.30. The summed E-state index contributed by atoms with van der Waals surface area (Å²) in [5.74, 6) is 0.999. The Morgan fingerprint density at radius 1 is 1.32 bits per heavy atom. The average Bonchev–Trinajstić information content (AvgIpc) is 3.32. The molecule has 1 aliphatic carbocycles. The fraction of sp³-hybridized carbons (Fsp3) is 0.500. The van der Waals surface area contributed by atoms with E-state index in [2.05, 4.69) is 35.0 Å². The Morgan fingerprint density at radius 3 is 2.80 bits per heavy atom. The Balaban J connectivity index is 1.81. The zero-order valence-corrected chi connectivity index (χ0v) is 15.2. The van der Waals surface area contributed by atoms with Crippen molar-refractivity contribution in [2.24, 2.45) is 0 Å². The maximum absolute atomic E-state index is 12.2. The fourth-order valence-electron chi connectivity index (χ4n) is 3.84. The summed E-state index contributed by atoms with van der Waals surface area (Å²) in [7, 11) is 0. The molecule has 0 saturated heterocycles. The van der Waals surface area contributed by atoms with E-state index in [9.17, 15) is 4.79 Å². The number of rotatable bonds is 4. The standard InChI is InChI=1S/C20H25N3O2/c1-4-25-20-17(15-11-21-22(12-15)16-6-7-16)9-10-19-18(20)8-5-13(2)23(19)14(3)24/h9-13,16H,4-8H2,1-3H3/t13-/m0/s1. The van der Waals surface area contributed by atoms with E-state index in [0.29, 0.717) is 12.6 Å². The smallest absolute Gasteiger partial charge is 0.224 e. The van der Waals surface area contributed by atoms with E-state index < -0.39 is 0 Å². The van der Waals surface area contributed by atoms with Gasteiger partial charge >= 0.3 is 0 Å². The number of carbonyl (C=O) groups is 1. The molecule has 0 spiro atoms. The normalized spacial score (nSPS) is 19.6. The summed E-state index contributed by atoms with van der Waals surface area (Å²) in [6.45, 7) is 6.36. The van der Waals surface area contributed by atoms with Crippen LogP contribution in [-0.2, 0) is 11.2 Å². The van der Waals surface area contributed by atoms with Gasteiger partial charge in [0, 0.05) is 35.9 Å². The highest BCUT2D eigenvalue weighted by atomic mass is 16.5. The van der Waals surface area contributed by atoms with Crippen LogP contribution in [0.15, 0.2) is 24.5 Å². The average molecular weight is 339 g/mol. The molecule has 1 fully saturated rings. The first-order valence-electron chi connectivity index (χ1n) is 9.23. The summed E-state index contributed by atoms with van der Waals surface area (Å²) in [4.78, 5) is 14.1. The largest absolute Gasteiger partial charge is 0.493 e. The molecular formula is C20H25N3O2. The SMILES string of the molecule is CCOc1c(-c2cnn(C3CC3)c2)ccc2c1CC[C@H](C)N2C(C)=O. The van der Waals surface area contributed by atoms with E-state index >= 15 is 0 Å². The van der Waals surface area contributed by atoms with Crippen molar-refractivity contribution in [3.05, 3.63) is 30.1 Å². The van der Waals surface area contributed by atoms with Crippen molar-refractivity contribution in [2.75, 3.05) is 11.5 Å². The van der Waals surface area contributed by atoms with Gasteiger partial charge in [-0.3, -0.25) is 9.48 Å². The highest BCUT2D eigenvalue weighted by Crippen LogP contribution is 2.43. The lowest BCUT2D eigenvalue weighted by atomic mass is 9.92. The predicted octanol–water partition coefficient (Wildman–Crippen LogP) is 3.97. The minimum Gasteiger partial charge on any atom is -0.493 e. The number of hydrogen-bond acceptors (Lipinski definition) is 3. The number of benzene rings is 1. The topological polar surface area (TPSA) is 47.4 Å². The van der Waals surface area contributed by atoms with E-state index in [-0.39, 0.29) is 11.9 Å². The Bertz CT molecular complexity index is 807. The molecule has 1 aromatic heterocycles. The summed E-state index contributed by atoms with van der Waals surface area (Å²) >= 11 is 0. The van der Waals surface area contributed by atoms with Gasteiger partial charge in [0.1, 0.15) is 5.75 Å². The first-order chi connectivity index (χ1) is 12.1. The van der Waals surface area contributed by atoms with Crippen LogP contribution in [0.1, 0.15) is 51.6 Å². The quantitative estimate of drug-likeness (QED) is 0.847. The molecular weight excluding hydrogens is 314 g/mol. The van der Waals surface area contributed by atoms with Crippen LogP contribution in [-0.4, -0.2) is 28.3 Å². The van der Waals surface area contributed by atoms with E-state index in [1.54, 1.807) is 6.92 Å². The lowest BCUT2D eigenvalue weighted by molar-refractivity contribution is -0.117. The van der Waals surface area contributed by atoms with E-state index in [1.165, 1.54) is 12.8 Å². The first-order valence-corrected chi connectivity index (χ1v) is 9.23. The van der Waals surface area contributed by atoms with E-state index in [4.69, 9.17) is 4.74 Å². The summed E-state index contributed by atoms with van der Waals surface area (Å²) in [6, 6.07) is 4.93. The van der Waals surface area contributed by atoms with Gasteiger partial charge in [0.2, 0.25) is 5.91 Å². The number of amides is 1. The third-order valence-electron chi connectivity index (χ3n) is 5.21. The van der Waals surface area contributed by atoms with Crippen molar-refractivity contribution < 1.29 is 9.53 Å². The second kappa shape index (κ2) is 6.21. The summed E-state index contributed by atoms with van der Waals surface area (Å²) in [5, 5.41) is 4.52. The number of ether oxygens (including phenoxy) is 1. The molecule has 4 rings (SSSR count). The van der Waals surface area contributed by atoms with Crippen LogP contribution in [0.3, 0.4) is 0 Å². The van der Waals surface area contributed by atoms with Gasteiger partial charge in [-0.25, -0.2) is 0 Å². The zero-order valence-electron chi connectivity index (χ0n) is 15.2. The van der Waals surface area contributed by atoms with Crippen LogP contribution in [0.2, 0.25) is 0 Å². The summed E-state index contributed by atoms with van der Waals surface area (Å²) in [6.07, 6.45) is 8.37. The van der Waals surface area contributed by atoms with Crippen molar-refractivity contribution in [2.45, 2.75) is 58.5 Å². The molecule has 0 unspecified atom stereocenters. The van der Waals surface area contributed by atoms with Crippen molar-refractivity contribution >= 4 is 11.6 Å². The van der Waals surface area contributed by atoms with E-state index in [1.807, 2.05) is 18.0 Å². The number of nitrogens with zero attached hydrogens (tertiary/aromatic N) is 3. The monoisotopic (exact) mass is 339 g/mol. The number of hydrogen-bond donors (Lipinski definition) is 0. The van der Waals surface area contributed by atoms with Crippen molar-refractivity contribution in [1.82, 2.24) is 9.78 Å². The number of fused-ring (bicyclic) bond motifs is 1. The maximum atomic E-state index is 12.2. The van der Waals surface area contributed by atoms with Gasteiger partial charge in [0.05, 0.1) is 24.5 Å². The van der Waals surface area contributed by atoms with Gasteiger partial charge in [0.15, 0.2) is 0 Å².